The Kier molecular flexibility index (Phi) is 4.99. The third kappa shape index (κ3) is 3.70. The predicted octanol–water partition coefficient (Wildman–Crippen LogP) is 5.98. The highest BCUT2D eigenvalue weighted by Crippen LogP contribution is 2.44. The van der Waals surface area contributed by atoms with E-state index in [0.29, 0.717) is 6.42 Å². The molecule has 0 fully saturated rings. The highest BCUT2D eigenvalue weighted by molar-refractivity contribution is 6.01. The normalized spacial score (nSPS) is 20.1. The first-order chi connectivity index (χ1) is 15.1. The summed E-state index contributed by atoms with van der Waals surface area (Å²) in [6.45, 7) is 2.09. The third-order valence-electron chi connectivity index (χ3n) is 6.27. The summed E-state index contributed by atoms with van der Waals surface area (Å²) in [5.41, 5.74) is 7.35. The van der Waals surface area contributed by atoms with Crippen LogP contribution in [0.1, 0.15) is 41.5 Å². The Labute approximate surface area is 183 Å². The number of anilines is 2. The van der Waals surface area contributed by atoms with Crippen LogP contribution in [0.25, 0.3) is 0 Å². The first-order valence-corrected chi connectivity index (χ1v) is 10.7. The van der Waals surface area contributed by atoms with E-state index in [2.05, 4.69) is 66.1 Å². The quantitative estimate of drug-likeness (QED) is 0.557. The number of methoxy groups -OCH3 is 1. The summed E-state index contributed by atoms with van der Waals surface area (Å²) in [5.74, 6) is 1.17. The second kappa shape index (κ2) is 7.95. The molecule has 0 bridgehead atoms. The lowest BCUT2D eigenvalue weighted by atomic mass is 9.78. The lowest BCUT2D eigenvalue weighted by molar-refractivity contribution is -0.116. The van der Waals surface area contributed by atoms with Crippen molar-refractivity contribution in [3.8, 4) is 5.75 Å². The number of benzene rings is 3. The van der Waals surface area contributed by atoms with Gasteiger partial charge in [0, 0.05) is 17.7 Å². The Morgan fingerprint density at radius 3 is 2.39 bits per heavy atom. The number of carbonyl (C=O) groups is 1. The maximum atomic E-state index is 13.5. The fraction of sp³-hybridized carbons (Fsp3) is 0.222. The highest BCUT2D eigenvalue weighted by atomic mass is 16.5. The van der Waals surface area contributed by atoms with Crippen LogP contribution < -0.4 is 15.4 Å². The molecule has 3 aromatic carbocycles. The SMILES string of the molecule is COc1ccc([C@@H]2CC(=O)C3=C(C2)Nc2ccccc2N[C@H]3c2cccc(C)c2)cc1. The predicted molar refractivity (Wildman–Crippen MR) is 125 cm³/mol. The maximum Gasteiger partial charge on any atom is 0.163 e. The molecule has 0 spiro atoms. The molecule has 0 saturated heterocycles. The van der Waals surface area contributed by atoms with Crippen molar-refractivity contribution in [3.63, 3.8) is 0 Å². The van der Waals surface area contributed by atoms with E-state index in [1.807, 2.05) is 24.3 Å². The number of allylic oxidation sites excluding steroid dienone is 1. The number of hydrogen-bond acceptors (Lipinski definition) is 4. The first-order valence-electron chi connectivity index (χ1n) is 10.7. The zero-order chi connectivity index (χ0) is 21.4. The number of carbonyl (C=O) groups excluding carboxylic acids is 1. The first kappa shape index (κ1) is 19.4. The average molecular weight is 411 g/mol. The molecule has 0 saturated carbocycles. The lowest BCUT2D eigenvalue weighted by Gasteiger charge is -2.30. The molecule has 31 heavy (non-hydrogen) atoms. The van der Waals surface area contributed by atoms with Crippen LogP contribution in [0, 0.1) is 6.92 Å². The van der Waals surface area contributed by atoms with Crippen molar-refractivity contribution < 1.29 is 9.53 Å². The number of ether oxygens (including phenoxy) is 1. The molecule has 2 atom stereocenters. The molecule has 1 aliphatic heterocycles. The summed E-state index contributed by atoms with van der Waals surface area (Å²) in [5, 5.41) is 7.24. The van der Waals surface area contributed by atoms with Gasteiger partial charge in [0.2, 0.25) is 0 Å². The van der Waals surface area contributed by atoms with E-state index in [1.54, 1.807) is 7.11 Å². The van der Waals surface area contributed by atoms with Gasteiger partial charge in [-0.25, -0.2) is 0 Å². The van der Waals surface area contributed by atoms with Crippen LogP contribution in [0.2, 0.25) is 0 Å². The molecule has 2 N–H and O–H groups in total. The van der Waals surface area contributed by atoms with E-state index in [1.165, 1.54) is 11.1 Å². The molecule has 156 valence electrons. The number of Topliss-reactive ketones (excluding diaryl/α,β-unsaturated/α-hetero) is 1. The minimum absolute atomic E-state index is 0.146. The Hall–Kier alpha value is -3.53. The Balaban J connectivity index is 1.58. The molecule has 1 aliphatic carbocycles. The fourth-order valence-electron chi connectivity index (χ4n) is 4.70. The van der Waals surface area contributed by atoms with E-state index in [4.69, 9.17) is 4.74 Å². The van der Waals surface area contributed by atoms with E-state index in [-0.39, 0.29) is 17.7 Å². The van der Waals surface area contributed by atoms with Crippen molar-refractivity contribution in [1.82, 2.24) is 0 Å². The van der Waals surface area contributed by atoms with Crippen LogP contribution in [0.3, 0.4) is 0 Å². The van der Waals surface area contributed by atoms with Crippen LogP contribution >= 0.6 is 0 Å². The van der Waals surface area contributed by atoms with Crippen molar-refractivity contribution in [2.45, 2.75) is 31.7 Å². The van der Waals surface area contributed by atoms with Crippen molar-refractivity contribution in [3.05, 3.63) is 101 Å². The van der Waals surface area contributed by atoms with Gasteiger partial charge in [-0.1, -0.05) is 54.1 Å². The summed E-state index contributed by atoms with van der Waals surface area (Å²) in [7, 11) is 1.67. The summed E-state index contributed by atoms with van der Waals surface area (Å²) in [4.78, 5) is 13.5. The van der Waals surface area contributed by atoms with Gasteiger partial charge in [-0.2, -0.15) is 0 Å². The Bertz CT molecular complexity index is 1160. The van der Waals surface area contributed by atoms with Gasteiger partial charge in [0.25, 0.3) is 0 Å². The van der Waals surface area contributed by atoms with Gasteiger partial charge in [0.15, 0.2) is 5.78 Å². The van der Waals surface area contributed by atoms with Crippen molar-refractivity contribution in [2.24, 2.45) is 0 Å². The molecule has 0 amide bonds. The highest BCUT2D eigenvalue weighted by Gasteiger charge is 2.36. The van der Waals surface area contributed by atoms with E-state index >= 15 is 0 Å². The maximum absolute atomic E-state index is 13.5. The van der Waals surface area contributed by atoms with Crippen LogP contribution in [-0.4, -0.2) is 12.9 Å². The second-order valence-electron chi connectivity index (χ2n) is 8.36. The zero-order valence-electron chi connectivity index (χ0n) is 17.8. The standard InChI is InChI=1S/C27H26N2O2/c1-17-6-5-7-19(14-17)27-26-24(28-22-8-3-4-9-23(22)29-27)15-20(16-25(26)30)18-10-12-21(31-2)13-11-18/h3-14,20,27-29H,15-16H2,1-2H3/t20-,27-/m0/s1. The minimum Gasteiger partial charge on any atom is -0.497 e. The third-order valence-corrected chi connectivity index (χ3v) is 6.27. The molecule has 4 nitrogen and oxygen atoms in total. The van der Waals surface area contributed by atoms with Gasteiger partial charge < -0.3 is 15.4 Å². The van der Waals surface area contributed by atoms with Crippen molar-refractivity contribution in [2.75, 3.05) is 17.7 Å². The zero-order valence-corrected chi connectivity index (χ0v) is 17.8. The Morgan fingerprint density at radius 1 is 0.871 bits per heavy atom. The van der Waals surface area contributed by atoms with Gasteiger partial charge in [0.05, 0.1) is 24.5 Å². The Morgan fingerprint density at radius 2 is 1.65 bits per heavy atom. The van der Waals surface area contributed by atoms with Crippen molar-refractivity contribution >= 4 is 17.2 Å². The number of ketones is 1. The van der Waals surface area contributed by atoms with E-state index in [9.17, 15) is 4.79 Å². The average Bonchev–Trinajstić information content (AvgIpc) is 2.96. The van der Waals surface area contributed by atoms with Gasteiger partial charge in [-0.3, -0.25) is 4.79 Å². The van der Waals surface area contributed by atoms with Gasteiger partial charge in [-0.15, -0.1) is 0 Å². The summed E-state index contributed by atoms with van der Waals surface area (Å²) < 4.78 is 5.29. The monoisotopic (exact) mass is 410 g/mol. The lowest BCUT2D eigenvalue weighted by Crippen LogP contribution is -2.26. The number of para-hydroxylation sites is 2. The fourth-order valence-corrected chi connectivity index (χ4v) is 4.70. The summed E-state index contributed by atoms with van der Waals surface area (Å²) in [6.07, 6.45) is 1.30. The van der Waals surface area contributed by atoms with Gasteiger partial charge >= 0.3 is 0 Å². The van der Waals surface area contributed by atoms with Crippen LogP contribution in [-0.2, 0) is 4.79 Å². The molecule has 0 aromatic heterocycles. The molecular weight excluding hydrogens is 384 g/mol. The number of hydrogen-bond donors (Lipinski definition) is 2. The number of nitrogens with one attached hydrogen (secondary N) is 2. The van der Waals surface area contributed by atoms with E-state index in [0.717, 1.165) is 40.4 Å². The number of fused-ring (bicyclic) bond motifs is 1. The van der Waals surface area contributed by atoms with Gasteiger partial charge in [0.1, 0.15) is 5.75 Å². The molecule has 0 radical (unpaired) electrons. The van der Waals surface area contributed by atoms with Crippen LogP contribution in [0.4, 0.5) is 11.4 Å². The van der Waals surface area contributed by atoms with Crippen molar-refractivity contribution in [1.29, 1.82) is 0 Å². The molecular formula is C27H26N2O2. The smallest absolute Gasteiger partial charge is 0.163 e. The van der Waals surface area contributed by atoms with E-state index < -0.39 is 0 Å². The minimum atomic E-state index is -0.171. The molecule has 0 unspecified atom stereocenters. The largest absolute Gasteiger partial charge is 0.497 e. The van der Waals surface area contributed by atoms with Gasteiger partial charge in [-0.05, 0) is 54.7 Å². The molecule has 2 aliphatic rings. The van der Waals surface area contributed by atoms with Crippen LogP contribution in [0.5, 0.6) is 5.75 Å². The molecule has 3 aromatic rings. The molecule has 4 heteroatoms. The topological polar surface area (TPSA) is 50.4 Å². The number of aryl methyl sites for hydroxylation is 1. The summed E-state index contributed by atoms with van der Waals surface area (Å²) in [6, 6.07) is 24.5. The van der Waals surface area contributed by atoms with Crippen LogP contribution in [0.15, 0.2) is 84.1 Å². The number of rotatable bonds is 3. The molecule has 5 rings (SSSR count). The summed E-state index contributed by atoms with van der Waals surface area (Å²) >= 11 is 0. The molecule has 1 heterocycles. The second-order valence-corrected chi connectivity index (χ2v) is 8.36.